The number of carbonyl (C=O) groups excluding carboxylic acids is 1. The molecule has 2 heterocycles. The normalized spacial score (nSPS) is 22.0. The van der Waals surface area contributed by atoms with Gasteiger partial charge in [0.25, 0.3) is 5.91 Å². The number of pyridine rings is 1. The lowest BCUT2D eigenvalue weighted by Gasteiger charge is -2.36. The summed E-state index contributed by atoms with van der Waals surface area (Å²) in [6.45, 7) is 2.22. The summed E-state index contributed by atoms with van der Waals surface area (Å²) < 4.78 is 0. The summed E-state index contributed by atoms with van der Waals surface area (Å²) in [7, 11) is 3.77. The third-order valence-electron chi connectivity index (χ3n) is 3.95. The van der Waals surface area contributed by atoms with Crippen LogP contribution in [0.4, 0.5) is 5.82 Å². The molecule has 2 atom stereocenters. The van der Waals surface area contributed by atoms with Gasteiger partial charge >= 0.3 is 5.97 Å². The number of carboxylic acids is 1. The van der Waals surface area contributed by atoms with Crippen LogP contribution in [0.5, 0.6) is 0 Å². The maximum atomic E-state index is 12.5. The lowest BCUT2D eigenvalue weighted by atomic mass is 9.93. The maximum absolute atomic E-state index is 12.5. The van der Waals surface area contributed by atoms with Gasteiger partial charge in [-0.1, -0.05) is 0 Å². The first-order valence-corrected chi connectivity index (χ1v) is 7.07. The van der Waals surface area contributed by atoms with Crippen molar-refractivity contribution in [2.75, 3.05) is 25.5 Å². The summed E-state index contributed by atoms with van der Waals surface area (Å²) in [5.41, 5.74) is 0.499. The molecule has 1 aliphatic rings. The zero-order chi connectivity index (χ0) is 15.6. The summed E-state index contributed by atoms with van der Waals surface area (Å²) in [6.07, 6.45) is 2.89. The monoisotopic (exact) mass is 291 g/mol. The van der Waals surface area contributed by atoms with Crippen LogP contribution in [-0.2, 0) is 4.79 Å². The van der Waals surface area contributed by atoms with Crippen molar-refractivity contribution in [1.82, 2.24) is 9.88 Å². The summed E-state index contributed by atoms with van der Waals surface area (Å²) in [5, 5.41) is 9.14. The zero-order valence-corrected chi connectivity index (χ0v) is 12.6. The Morgan fingerprint density at radius 1 is 1.33 bits per heavy atom. The van der Waals surface area contributed by atoms with Gasteiger partial charge in [0.05, 0.1) is 11.5 Å². The number of carbonyl (C=O) groups is 2. The summed E-state index contributed by atoms with van der Waals surface area (Å²) in [4.78, 5) is 31.4. The predicted octanol–water partition coefficient (Wildman–Crippen LogP) is 1.47. The fourth-order valence-corrected chi connectivity index (χ4v) is 2.53. The highest BCUT2D eigenvalue weighted by Gasteiger charge is 2.33. The van der Waals surface area contributed by atoms with E-state index in [2.05, 4.69) is 4.98 Å². The van der Waals surface area contributed by atoms with E-state index < -0.39 is 11.9 Å². The molecular weight excluding hydrogens is 270 g/mol. The highest BCUT2D eigenvalue weighted by atomic mass is 16.4. The van der Waals surface area contributed by atoms with E-state index in [9.17, 15) is 9.59 Å². The highest BCUT2D eigenvalue weighted by molar-refractivity contribution is 5.94. The molecule has 6 heteroatoms. The Bertz CT molecular complexity index is 527. The van der Waals surface area contributed by atoms with E-state index in [1.807, 2.05) is 25.9 Å². The van der Waals surface area contributed by atoms with Gasteiger partial charge < -0.3 is 14.9 Å². The average molecular weight is 291 g/mol. The number of rotatable bonds is 3. The fraction of sp³-hybridized carbons (Fsp3) is 0.533. The Labute approximate surface area is 124 Å². The average Bonchev–Trinajstić information content (AvgIpc) is 2.47. The van der Waals surface area contributed by atoms with Gasteiger partial charge in [-0.2, -0.15) is 0 Å². The van der Waals surface area contributed by atoms with E-state index in [4.69, 9.17) is 5.11 Å². The Morgan fingerprint density at radius 2 is 2.05 bits per heavy atom. The van der Waals surface area contributed by atoms with Gasteiger partial charge in [0, 0.05) is 32.9 Å². The molecule has 1 aromatic rings. The molecule has 1 saturated heterocycles. The maximum Gasteiger partial charge on any atom is 0.308 e. The van der Waals surface area contributed by atoms with Gasteiger partial charge in [-0.15, -0.1) is 0 Å². The summed E-state index contributed by atoms with van der Waals surface area (Å²) >= 11 is 0. The van der Waals surface area contributed by atoms with Crippen LogP contribution < -0.4 is 4.90 Å². The smallest absolute Gasteiger partial charge is 0.308 e. The van der Waals surface area contributed by atoms with Crippen molar-refractivity contribution in [3.63, 3.8) is 0 Å². The van der Waals surface area contributed by atoms with Crippen molar-refractivity contribution < 1.29 is 14.7 Å². The molecule has 0 bridgehead atoms. The second-order valence-electron chi connectivity index (χ2n) is 5.72. The standard InChI is InChI=1S/C15H21N3O3/c1-10-4-5-12(15(20)21)9-18(10)14(19)11-6-7-13(16-8-11)17(2)3/h6-8,10,12H,4-5,9H2,1-3H3,(H,20,21). The van der Waals surface area contributed by atoms with Crippen LogP contribution >= 0.6 is 0 Å². The molecule has 2 unspecified atom stereocenters. The van der Waals surface area contributed by atoms with Crippen molar-refractivity contribution >= 4 is 17.7 Å². The Balaban J connectivity index is 2.15. The first-order chi connectivity index (χ1) is 9.90. The van der Waals surface area contributed by atoms with Gasteiger partial charge in [0.15, 0.2) is 0 Å². The second-order valence-corrected chi connectivity index (χ2v) is 5.72. The van der Waals surface area contributed by atoms with Crippen molar-refractivity contribution in [3.05, 3.63) is 23.9 Å². The molecule has 1 amide bonds. The van der Waals surface area contributed by atoms with Crippen LogP contribution in [0, 0.1) is 5.92 Å². The van der Waals surface area contributed by atoms with Crippen LogP contribution in [0.25, 0.3) is 0 Å². The number of aromatic nitrogens is 1. The van der Waals surface area contributed by atoms with E-state index in [1.54, 1.807) is 23.2 Å². The summed E-state index contributed by atoms with van der Waals surface area (Å²) in [6, 6.07) is 3.58. The summed E-state index contributed by atoms with van der Waals surface area (Å²) in [5.74, 6) is -0.673. The number of nitrogens with zero attached hydrogens (tertiary/aromatic N) is 3. The van der Waals surface area contributed by atoms with Gasteiger partial charge in [-0.25, -0.2) is 4.98 Å². The van der Waals surface area contributed by atoms with Crippen LogP contribution in [-0.4, -0.2) is 53.5 Å². The van der Waals surface area contributed by atoms with Gasteiger partial charge in [0.2, 0.25) is 0 Å². The van der Waals surface area contributed by atoms with E-state index >= 15 is 0 Å². The van der Waals surface area contributed by atoms with Gasteiger partial charge in [-0.05, 0) is 31.9 Å². The number of hydrogen-bond acceptors (Lipinski definition) is 4. The molecule has 6 nitrogen and oxygen atoms in total. The minimum absolute atomic E-state index is 0.0571. The number of piperidine rings is 1. The predicted molar refractivity (Wildman–Crippen MR) is 79.4 cm³/mol. The lowest BCUT2D eigenvalue weighted by Crippen LogP contribution is -2.47. The molecule has 21 heavy (non-hydrogen) atoms. The van der Waals surface area contributed by atoms with E-state index in [-0.39, 0.29) is 18.5 Å². The molecule has 1 fully saturated rings. The molecule has 0 spiro atoms. The van der Waals surface area contributed by atoms with Gasteiger partial charge in [-0.3, -0.25) is 9.59 Å². The van der Waals surface area contributed by atoms with Crippen LogP contribution in [0.1, 0.15) is 30.1 Å². The number of carboxylic acid groups (broad SMARTS) is 1. The second kappa shape index (κ2) is 6.11. The third kappa shape index (κ3) is 3.32. The molecule has 0 aliphatic carbocycles. The van der Waals surface area contributed by atoms with E-state index in [0.29, 0.717) is 18.4 Å². The van der Waals surface area contributed by atoms with Crippen molar-refractivity contribution in [2.24, 2.45) is 5.92 Å². The van der Waals surface area contributed by atoms with Gasteiger partial charge in [0.1, 0.15) is 5.82 Å². The zero-order valence-electron chi connectivity index (χ0n) is 12.6. The fourth-order valence-electron chi connectivity index (χ4n) is 2.53. The molecule has 1 aromatic heterocycles. The van der Waals surface area contributed by atoms with Crippen LogP contribution in [0.3, 0.4) is 0 Å². The third-order valence-corrected chi connectivity index (χ3v) is 3.95. The van der Waals surface area contributed by atoms with Crippen molar-refractivity contribution in [1.29, 1.82) is 0 Å². The number of hydrogen-bond donors (Lipinski definition) is 1. The number of likely N-dealkylation sites (tertiary alicyclic amines) is 1. The van der Waals surface area contributed by atoms with Crippen molar-refractivity contribution in [2.45, 2.75) is 25.8 Å². The minimum atomic E-state index is -0.833. The quantitative estimate of drug-likeness (QED) is 0.913. The first kappa shape index (κ1) is 15.3. The molecule has 1 aliphatic heterocycles. The molecule has 1 N–H and O–H groups in total. The lowest BCUT2D eigenvalue weighted by molar-refractivity contribution is -0.143. The van der Waals surface area contributed by atoms with Crippen LogP contribution in [0.15, 0.2) is 18.3 Å². The molecule has 0 radical (unpaired) electrons. The Hall–Kier alpha value is -2.11. The Kier molecular flexibility index (Phi) is 4.45. The SMILES string of the molecule is CC1CCC(C(=O)O)CN1C(=O)c1ccc(N(C)C)nc1. The molecular formula is C15H21N3O3. The molecule has 0 saturated carbocycles. The Morgan fingerprint density at radius 3 is 2.57 bits per heavy atom. The first-order valence-electron chi connectivity index (χ1n) is 7.07. The van der Waals surface area contributed by atoms with Crippen molar-refractivity contribution in [3.8, 4) is 0 Å². The topological polar surface area (TPSA) is 73.7 Å². The molecule has 114 valence electrons. The molecule has 2 rings (SSSR count). The number of aliphatic carboxylic acids is 1. The number of amides is 1. The number of anilines is 1. The minimum Gasteiger partial charge on any atom is -0.481 e. The van der Waals surface area contributed by atoms with E-state index in [0.717, 1.165) is 5.82 Å². The highest BCUT2D eigenvalue weighted by Crippen LogP contribution is 2.24. The largest absolute Gasteiger partial charge is 0.481 e. The van der Waals surface area contributed by atoms with Crippen LogP contribution in [0.2, 0.25) is 0 Å². The molecule has 0 aromatic carbocycles. The van der Waals surface area contributed by atoms with E-state index in [1.165, 1.54) is 0 Å².